The van der Waals surface area contributed by atoms with Gasteiger partial charge < -0.3 is 20.6 Å². The van der Waals surface area contributed by atoms with Crippen LogP contribution in [-0.4, -0.2) is 48.8 Å². The molecule has 1 aromatic carbocycles. The lowest BCUT2D eigenvalue weighted by atomic mass is 10.1. The molecule has 2 rings (SSSR count). The quantitative estimate of drug-likeness (QED) is 0.777. The second-order valence-corrected chi connectivity index (χ2v) is 6.41. The van der Waals surface area contributed by atoms with Crippen LogP contribution in [0.3, 0.4) is 0 Å². The molecule has 3 atom stereocenters. The van der Waals surface area contributed by atoms with E-state index in [9.17, 15) is 9.90 Å². The van der Waals surface area contributed by atoms with Crippen molar-refractivity contribution in [3.63, 3.8) is 0 Å². The number of carbonyl (C=O) groups is 1. The lowest BCUT2D eigenvalue weighted by Gasteiger charge is -2.19. The highest BCUT2D eigenvalue weighted by Gasteiger charge is 2.27. The molecule has 1 saturated carbocycles. The average Bonchev–Trinajstić information content (AvgIpc) is 2.94. The van der Waals surface area contributed by atoms with Crippen molar-refractivity contribution in [1.29, 1.82) is 0 Å². The van der Waals surface area contributed by atoms with Crippen LogP contribution in [0.15, 0.2) is 24.3 Å². The number of urea groups is 1. The summed E-state index contributed by atoms with van der Waals surface area (Å²) in [5, 5.41) is 15.8. The number of aryl methyl sites for hydroxylation is 1. The van der Waals surface area contributed by atoms with Gasteiger partial charge in [-0.05, 0) is 45.8 Å². The summed E-state index contributed by atoms with van der Waals surface area (Å²) in [6.07, 6.45) is 2.44. The van der Waals surface area contributed by atoms with E-state index in [4.69, 9.17) is 0 Å². The van der Waals surface area contributed by atoms with Gasteiger partial charge in [0, 0.05) is 18.6 Å². The van der Waals surface area contributed by atoms with Crippen molar-refractivity contribution in [3.05, 3.63) is 35.4 Å². The topological polar surface area (TPSA) is 64.6 Å². The summed E-state index contributed by atoms with van der Waals surface area (Å²) in [4.78, 5) is 14.1. The van der Waals surface area contributed by atoms with Gasteiger partial charge in [-0.15, -0.1) is 0 Å². The van der Waals surface area contributed by atoms with Crippen LogP contribution < -0.4 is 10.6 Å². The van der Waals surface area contributed by atoms with Gasteiger partial charge in [0.15, 0.2) is 0 Å². The number of carbonyl (C=O) groups excluding carboxylic acids is 1. The minimum absolute atomic E-state index is 0.199. The normalized spacial score (nSPS) is 22.6. The number of benzene rings is 1. The summed E-state index contributed by atoms with van der Waals surface area (Å²) < 4.78 is 0. The smallest absolute Gasteiger partial charge is 0.315 e. The Morgan fingerprint density at radius 3 is 2.59 bits per heavy atom. The van der Waals surface area contributed by atoms with Crippen LogP contribution in [0.4, 0.5) is 4.79 Å². The Labute approximate surface area is 132 Å². The van der Waals surface area contributed by atoms with Gasteiger partial charge in [0.1, 0.15) is 0 Å². The molecule has 0 aliphatic heterocycles. The van der Waals surface area contributed by atoms with Crippen LogP contribution in [0.5, 0.6) is 0 Å². The van der Waals surface area contributed by atoms with Gasteiger partial charge in [-0.2, -0.15) is 0 Å². The van der Waals surface area contributed by atoms with Gasteiger partial charge in [-0.1, -0.05) is 29.8 Å². The molecule has 1 aliphatic carbocycles. The fourth-order valence-corrected chi connectivity index (χ4v) is 2.89. The van der Waals surface area contributed by atoms with E-state index in [-0.39, 0.29) is 18.6 Å². The summed E-state index contributed by atoms with van der Waals surface area (Å²) in [5.41, 5.74) is 1.97. The van der Waals surface area contributed by atoms with Gasteiger partial charge >= 0.3 is 6.03 Å². The highest BCUT2D eigenvalue weighted by molar-refractivity contribution is 5.74. The lowest BCUT2D eigenvalue weighted by molar-refractivity contribution is 0.172. The van der Waals surface area contributed by atoms with Gasteiger partial charge in [0.05, 0.1) is 6.10 Å². The summed E-state index contributed by atoms with van der Waals surface area (Å²) in [5.74, 6) is 0. The molecule has 0 saturated heterocycles. The fraction of sp³-hybridized carbons (Fsp3) is 0.588. The standard InChI is InChI=1S/C17H27N3O2/c1-12-4-6-13(7-5-12)16(21)11-18-17(22)19-14-8-9-15(10-14)20(2)3/h4-7,14-16,21H,8-11H2,1-3H3,(H2,18,19,22). The molecule has 0 aromatic heterocycles. The van der Waals surface area contributed by atoms with Crippen LogP contribution in [0.25, 0.3) is 0 Å². The second kappa shape index (κ2) is 7.61. The number of amides is 2. The van der Waals surface area contributed by atoms with E-state index in [1.807, 2.05) is 31.2 Å². The van der Waals surface area contributed by atoms with E-state index in [2.05, 4.69) is 29.6 Å². The van der Waals surface area contributed by atoms with Crippen LogP contribution in [0, 0.1) is 6.92 Å². The number of rotatable bonds is 5. The van der Waals surface area contributed by atoms with Crippen molar-refractivity contribution in [2.45, 2.75) is 44.4 Å². The molecular formula is C17H27N3O2. The monoisotopic (exact) mass is 305 g/mol. The Morgan fingerprint density at radius 2 is 2.00 bits per heavy atom. The third-order valence-corrected chi connectivity index (χ3v) is 4.39. The summed E-state index contributed by atoms with van der Waals surface area (Å²) in [6, 6.07) is 8.26. The highest BCUT2D eigenvalue weighted by Crippen LogP contribution is 2.22. The van der Waals surface area contributed by atoms with Crippen LogP contribution in [0.2, 0.25) is 0 Å². The number of aliphatic hydroxyl groups is 1. The number of hydrogen-bond donors (Lipinski definition) is 3. The Balaban J connectivity index is 1.72. The molecule has 0 heterocycles. The number of aliphatic hydroxyl groups excluding tert-OH is 1. The Bertz CT molecular complexity index is 487. The van der Waals surface area contributed by atoms with E-state index < -0.39 is 6.10 Å². The zero-order chi connectivity index (χ0) is 16.1. The maximum atomic E-state index is 11.9. The first-order valence-electron chi connectivity index (χ1n) is 7.91. The van der Waals surface area contributed by atoms with Crippen molar-refractivity contribution >= 4 is 6.03 Å². The molecule has 0 spiro atoms. The average molecular weight is 305 g/mol. The van der Waals surface area contributed by atoms with Crippen LogP contribution in [0.1, 0.15) is 36.5 Å². The Kier molecular flexibility index (Phi) is 5.80. The molecule has 1 aliphatic rings. The zero-order valence-electron chi connectivity index (χ0n) is 13.7. The molecule has 5 heteroatoms. The first-order chi connectivity index (χ1) is 10.5. The summed E-state index contributed by atoms with van der Waals surface area (Å²) in [6.45, 7) is 2.23. The van der Waals surface area contributed by atoms with Crippen molar-refractivity contribution < 1.29 is 9.90 Å². The molecule has 122 valence electrons. The van der Waals surface area contributed by atoms with Gasteiger partial charge in [-0.3, -0.25) is 0 Å². The van der Waals surface area contributed by atoms with Crippen LogP contribution in [-0.2, 0) is 0 Å². The molecule has 22 heavy (non-hydrogen) atoms. The van der Waals surface area contributed by atoms with Crippen molar-refractivity contribution in [2.24, 2.45) is 0 Å². The zero-order valence-corrected chi connectivity index (χ0v) is 13.7. The highest BCUT2D eigenvalue weighted by atomic mass is 16.3. The van der Waals surface area contributed by atoms with E-state index >= 15 is 0 Å². The van der Waals surface area contributed by atoms with Crippen molar-refractivity contribution in [2.75, 3.05) is 20.6 Å². The third kappa shape index (κ3) is 4.71. The van der Waals surface area contributed by atoms with Crippen molar-refractivity contribution in [3.8, 4) is 0 Å². The van der Waals surface area contributed by atoms with Gasteiger partial charge in [0.25, 0.3) is 0 Å². The molecule has 1 fully saturated rings. The number of nitrogens with zero attached hydrogens (tertiary/aromatic N) is 1. The SMILES string of the molecule is Cc1ccc(C(O)CNC(=O)NC2CCC(N(C)C)C2)cc1. The predicted octanol–water partition coefficient (Wildman–Crippen LogP) is 1.81. The van der Waals surface area contributed by atoms with Gasteiger partial charge in [-0.25, -0.2) is 4.79 Å². The van der Waals surface area contributed by atoms with Crippen LogP contribution >= 0.6 is 0 Å². The molecule has 0 radical (unpaired) electrons. The second-order valence-electron chi connectivity index (χ2n) is 6.41. The summed E-state index contributed by atoms with van der Waals surface area (Å²) in [7, 11) is 4.15. The van der Waals surface area contributed by atoms with E-state index in [0.29, 0.717) is 6.04 Å². The molecule has 5 nitrogen and oxygen atoms in total. The first kappa shape index (κ1) is 16.8. The maximum absolute atomic E-state index is 11.9. The predicted molar refractivity (Wildman–Crippen MR) is 87.8 cm³/mol. The van der Waals surface area contributed by atoms with Gasteiger partial charge in [0.2, 0.25) is 0 Å². The molecule has 3 unspecified atom stereocenters. The Hall–Kier alpha value is -1.59. The van der Waals surface area contributed by atoms with E-state index in [0.717, 1.165) is 30.4 Å². The number of nitrogens with one attached hydrogen (secondary N) is 2. The molecule has 3 N–H and O–H groups in total. The summed E-state index contributed by atoms with van der Waals surface area (Å²) >= 11 is 0. The first-order valence-corrected chi connectivity index (χ1v) is 7.91. The minimum Gasteiger partial charge on any atom is -0.387 e. The number of hydrogen-bond acceptors (Lipinski definition) is 3. The lowest BCUT2D eigenvalue weighted by Crippen LogP contribution is -2.43. The maximum Gasteiger partial charge on any atom is 0.315 e. The Morgan fingerprint density at radius 1 is 1.32 bits per heavy atom. The van der Waals surface area contributed by atoms with Crippen molar-refractivity contribution in [1.82, 2.24) is 15.5 Å². The molecular weight excluding hydrogens is 278 g/mol. The molecule has 0 bridgehead atoms. The largest absolute Gasteiger partial charge is 0.387 e. The fourth-order valence-electron chi connectivity index (χ4n) is 2.89. The third-order valence-electron chi connectivity index (χ3n) is 4.39. The minimum atomic E-state index is -0.676. The molecule has 1 aromatic rings. The molecule has 2 amide bonds. The van der Waals surface area contributed by atoms with E-state index in [1.165, 1.54) is 0 Å². The van der Waals surface area contributed by atoms with E-state index in [1.54, 1.807) is 0 Å².